The van der Waals surface area contributed by atoms with Crippen LogP contribution in [0.2, 0.25) is 0 Å². The van der Waals surface area contributed by atoms with E-state index in [9.17, 15) is 9.59 Å². The molecule has 19 heavy (non-hydrogen) atoms. The van der Waals surface area contributed by atoms with Crippen LogP contribution in [0.4, 0.5) is 4.79 Å². The second-order valence-corrected chi connectivity index (χ2v) is 4.51. The quantitative estimate of drug-likeness (QED) is 0.499. The van der Waals surface area contributed by atoms with Gasteiger partial charge < -0.3 is 20.5 Å². The van der Waals surface area contributed by atoms with Gasteiger partial charge in [0.1, 0.15) is 0 Å². The van der Waals surface area contributed by atoms with Crippen LogP contribution in [0.3, 0.4) is 0 Å². The highest BCUT2D eigenvalue weighted by Gasteiger charge is 2.16. The lowest BCUT2D eigenvalue weighted by Crippen LogP contribution is -2.40. The molecule has 6 heteroatoms. The molecule has 2 amide bonds. The van der Waals surface area contributed by atoms with Crippen LogP contribution in [0.5, 0.6) is 0 Å². The second kappa shape index (κ2) is 11.8. The molecule has 112 valence electrons. The summed E-state index contributed by atoms with van der Waals surface area (Å²) >= 11 is 0. The summed E-state index contributed by atoms with van der Waals surface area (Å²) in [7, 11) is 1.67. The van der Waals surface area contributed by atoms with Gasteiger partial charge in [-0.2, -0.15) is 0 Å². The summed E-state index contributed by atoms with van der Waals surface area (Å²) in [5, 5.41) is 14.2. The van der Waals surface area contributed by atoms with Crippen LogP contribution >= 0.6 is 0 Å². The maximum Gasteiger partial charge on any atom is 0.314 e. The molecular formula is C13H26N2O4. The van der Waals surface area contributed by atoms with Crippen molar-refractivity contribution in [3.05, 3.63) is 0 Å². The molecule has 0 radical (unpaired) electrons. The minimum atomic E-state index is -0.860. The lowest BCUT2D eigenvalue weighted by molar-refractivity contribution is -0.141. The fraction of sp³-hybridized carbons (Fsp3) is 0.846. The van der Waals surface area contributed by atoms with Crippen LogP contribution in [0.15, 0.2) is 0 Å². The molecule has 0 aromatic carbocycles. The smallest absolute Gasteiger partial charge is 0.314 e. The number of carbonyl (C=O) groups excluding carboxylic acids is 1. The Morgan fingerprint density at radius 3 is 2.53 bits per heavy atom. The number of hydrogen-bond donors (Lipinski definition) is 3. The van der Waals surface area contributed by atoms with Crippen LogP contribution in [0.1, 0.15) is 39.0 Å². The lowest BCUT2D eigenvalue weighted by Gasteiger charge is -2.13. The first-order chi connectivity index (χ1) is 9.11. The molecule has 0 saturated carbocycles. The second-order valence-electron chi connectivity index (χ2n) is 4.51. The molecule has 0 aromatic heterocycles. The fourth-order valence-corrected chi connectivity index (χ4v) is 1.69. The Morgan fingerprint density at radius 1 is 1.21 bits per heavy atom. The number of rotatable bonds is 11. The number of nitrogens with one attached hydrogen (secondary N) is 2. The van der Waals surface area contributed by atoms with Crippen LogP contribution in [0.25, 0.3) is 0 Å². The Morgan fingerprint density at radius 2 is 1.95 bits per heavy atom. The van der Waals surface area contributed by atoms with Gasteiger partial charge in [0.05, 0.1) is 5.92 Å². The van der Waals surface area contributed by atoms with Crippen molar-refractivity contribution < 1.29 is 19.4 Å². The minimum absolute atomic E-state index is 0.179. The van der Waals surface area contributed by atoms with Crippen molar-refractivity contribution in [3.8, 4) is 0 Å². The zero-order valence-electron chi connectivity index (χ0n) is 11.9. The van der Waals surface area contributed by atoms with Crippen molar-refractivity contribution in [2.75, 3.05) is 26.8 Å². The molecule has 3 N–H and O–H groups in total. The predicted octanol–water partition coefficient (Wildman–Crippen LogP) is 1.60. The number of carbonyl (C=O) groups is 2. The van der Waals surface area contributed by atoms with E-state index in [1.54, 1.807) is 7.11 Å². The van der Waals surface area contributed by atoms with Crippen LogP contribution in [-0.2, 0) is 9.53 Å². The zero-order chi connectivity index (χ0) is 14.5. The summed E-state index contributed by atoms with van der Waals surface area (Å²) in [5.41, 5.74) is 0. The molecule has 6 nitrogen and oxygen atoms in total. The summed E-state index contributed by atoms with van der Waals surface area (Å²) < 4.78 is 4.92. The molecule has 0 bridgehead atoms. The van der Waals surface area contributed by atoms with Gasteiger partial charge in [-0.05, 0) is 25.7 Å². The summed E-state index contributed by atoms with van der Waals surface area (Å²) in [6.07, 6.45) is 4.25. The summed E-state index contributed by atoms with van der Waals surface area (Å²) in [6, 6.07) is -0.297. The Labute approximate surface area is 114 Å². The summed E-state index contributed by atoms with van der Waals surface area (Å²) in [6.45, 7) is 3.44. The van der Waals surface area contributed by atoms with Crippen LogP contribution in [-0.4, -0.2) is 43.9 Å². The van der Waals surface area contributed by atoms with E-state index in [1.807, 2.05) is 6.92 Å². The van der Waals surface area contributed by atoms with Crippen LogP contribution < -0.4 is 10.6 Å². The fourth-order valence-electron chi connectivity index (χ4n) is 1.69. The molecule has 0 fully saturated rings. The number of carboxylic acids is 1. The first kappa shape index (κ1) is 17.7. The van der Waals surface area contributed by atoms with Gasteiger partial charge in [0.2, 0.25) is 0 Å². The Hall–Kier alpha value is -1.30. The van der Waals surface area contributed by atoms with E-state index >= 15 is 0 Å². The topological polar surface area (TPSA) is 87.7 Å². The third-order valence-corrected chi connectivity index (χ3v) is 2.81. The van der Waals surface area contributed by atoms with Crippen molar-refractivity contribution in [3.63, 3.8) is 0 Å². The molecule has 0 aliphatic carbocycles. The number of methoxy groups -OCH3 is 1. The largest absolute Gasteiger partial charge is 0.481 e. The molecule has 0 aromatic rings. The van der Waals surface area contributed by atoms with Gasteiger partial charge >= 0.3 is 12.0 Å². The Bertz CT molecular complexity index is 259. The van der Waals surface area contributed by atoms with Crippen molar-refractivity contribution in [1.29, 1.82) is 0 Å². The molecule has 0 aliphatic rings. The van der Waals surface area contributed by atoms with Gasteiger partial charge in [0.15, 0.2) is 0 Å². The van der Waals surface area contributed by atoms with Gasteiger partial charge in [0, 0.05) is 26.8 Å². The minimum Gasteiger partial charge on any atom is -0.481 e. The number of ether oxygens (including phenoxy) is 1. The third kappa shape index (κ3) is 10.3. The lowest BCUT2D eigenvalue weighted by atomic mass is 10.0. The van der Waals surface area contributed by atoms with Gasteiger partial charge in [-0.15, -0.1) is 0 Å². The van der Waals surface area contributed by atoms with Gasteiger partial charge in [-0.25, -0.2) is 4.79 Å². The Balaban J connectivity index is 3.59. The van der Waals surface area contributed by atoms with Gasteiger partial charge in [-0.1, -0.05) is 13.3 Å². The van der Waals surface area contributed by atoms with E-state index in [1.165, 1.54) is 0 Å². The third-order valence-electron chi connectivity index (χ3n) is 2.81. The van der Waals surface area contributed by atoms with E-state index in [0.29, 0.717) is 13.0 Å². The Kier molecular flexibility index (Phi) is 11.0. The molecule has 0 spiro atoms. The van der Waals surface area contributed by atoms with Gasteiger partial charge in [0.25, 0.3) is 0 Å². The molecule has 1 unspecified atom stereocenters. The first-order valence-corrected chi connectivity index (χ1v) is 6.85. The average Bonchev–Trinajstić information content (AvgIpc) is 2.38. The van der Waals surface area contributed by atoms with Gasteiger partial charge in [-0.3, -0.25) is 4.79 Å². The molecule has 0 aliphatic heterocycles. The number of aliphatic carboxylic acids is 1. The molecule has 0 saturated heterocycles. The predicted molar refractivity (Wildman–Crippen MR) is 73.2 cm³/mol. The average molecular weight is 274 g/mol. The van der Waals surface area contributed by atoms with Crippen molar-refractivity contribution >= 4 is 12.0 Å². The maximum absolute atomic E-state index is 11.4. The number of urea groups is 1. The first-order valence-electron chi connectivity index (χ1n) is 6.85. The molecule has 1 atom stereocenters. The van der Waals surface area contributed by atoms with E-state index in [0.717, 1.165) is 32.3 Å². The van der Waals surface area contributed by atoms with E-state index in [2.05, 4.69) is 10.6 Å². The van der Waals surface area contributed by atoms with E-state index in [-0.39, 0.29) is 12.6 Å². The number of amides is 2. The molecular weight excluding hydrogens is 248 g/mol. The van der Waals surface area contributed by atoms with Crippen molar-refractivity contribution in [2.45, 2.75) is 39.0 Å². The summed E-state index contributed by atoms with van der Waals surface area (Å²) in [4.78, 5) is 22.3. The van der Waals surface area contributed by atoms with Crippen molar-refractivity contribution in [1.82, 2.24) is 10.6 Å². The highest BCUT2D eigenvalue weighted by molar-refractivity contribution is 5.75. The van der Waals surface area contributed by atoms with E-state index < -0.39 is 11.9 Å². The van der Waals surface area contributed by atoms with Crippen LogP contribution in [0, 0.1) is 5.92 Å². The summed E-state index contributed by atoms with van der Waals surface area (Å²) in [5.74, 6) is -1.36. The SMILES string of the molecule is CCCC(CNC(=O)NCCCCCOC)C(=O)O. The highest BCUT2D eigenvalue weighted by Crippen LogP contribution is 2.04. The maximum atomic E-state index is 11.4. The molecule has 0 heterocycles. The van der Waals surface area contributed by atoms with E-state index in [4.69, 9.17) is 9.84 Å². The standard InChI is InChI=1S/C13H26N2O4/c1-3-7-11(12(16)17)10-15-13(18)14-8-5-4-6-9-19-2/h11H,3-10H2,1-2H3,(H,16,17)(H2,14,15,18). The monoisotopic (exact) mass is 274 g/mol. The number of hydrogen-bond acceptors (Lipinski definition) is 3. The number of unbranched alkanes of at least 4 members (excludes halogenated alkanes) is 2. The zero-order valence-corrected chi connectivity index (χ0v) is 11.9. The molecule has 0 rings (SSSR count). The number of carboxylic acid groups (broad SMARTS) is 1. The highest BCUT2D eigenvalue weighted by atomic mass is 16.5. The van der Waals surface area contributed by atoms with Crippen molar-refractivity contribution in [2.24, 2.45) is 5.92 Å². The normalized spacial score (nSPS) is 11.9.